The van der Waals surface area contributed by atoms with Gasteiger partial charge >= 0.3 is 0 Å². The van der Waals surface area contributed by atoms with Gasteiger partial charge in [0, 0.05) is 18.6 Å². The fourth-order valence-corrected chi connectivity index (χ4v) is 1.84. The van der Waals surface area contributed by atoms with Crippen molar-refractivity contribution in [2.45, 2.75) is 26.7 Å². The van der Waals surface area contributed by atoms with Crippen LogP contribution in [0.15, 0.2) is 12.5 Å². The maximum atomic E-state index is 4.30. The minimum Gasteiger partial charge on any atom is -0.335 e. The number of rotatable bonds is 1. The van der Waals surface area contributed by atoms with Crippen LogP contribution in [0.4, 0.5) is 0 Å². The van der Waals surface area contributed by atoms with Gasteiger partial charge in [-0.05, 0) is 18.4 Å². The fourth-order valence-electron chi connectivity index (χ4n) is 1.84. The highest BCUT2D eigenvalue weighted by Crippen LogP contribution is 2.26. The van der Waals surface area contributed by atoms with Gasteiger partial charge in [0.15, 0.2) is 0 Å². The summed E-state index contributed by atoms with van der Waals surface area (Å²) in [7, 11) is 2.03. The third kappa shape index (κ3) is 1.20. The molecule has 0 saturated heterocycles. The van der Waals surface area contributed by atoms with Gasteiger partial charge in [-0.3, -0.25) is 0 Å². The van der Waals surface area contributed by atoms with Gasteiger partial charge in [0.25, 0.3) is 0 Å². The molecule has 0 bridgehead atoms. The molecule has 0 aliphatic carbocycles. The normalized spacial score (nSPS) is 11.5. The molecule has 0 saturated carbocycles. The quantitative estimate of drug-likeness (QED) is 0.689. The van der Waals surface area contributed by atoms with E-state index in [0.717, 1.165) is 11.3 Å². The first kappa shape index (κ1) is 9.19. The summed E-state index contributed by atoms with van der Waals surface area (Å²) in [5.41, 5.74) is 3.43. The first-order valence-electron chi connectivity index (χ1n) is 4.87. The first-order valence-corrected chi connectivity index (χ1v) is 4.87. The molecule has 0 unspecified atom stereocenters. The molecule has 0 aliphatic heterocycles. The zero-order valence-electron chi connectivity index (χ0n) is 9.07. The van der Waals surface area contributed by atoms with Crippen molar-refractivity contribution in [2.24, 2.45) is 7.05 Å². The van der Waals surface area contributed by atoms with Gasteiger partial charge in [0.1, 0.15) is 12.0 Å². The number of hydrogen-bond donors (Lipinski definition) is 0. The van der Waals surface area contributed by atoms with E-state index in [0.29, 0.717) is 5.92 Å². The molecule has 3 nitrogen and oxygen atoms in total. The molecule has 0 aliphatic rings. The lowest BCUT2D eigenvalue weighted by Crippen LogP contribution is -1.91. The Hall–Kier alpha value is -1.38. The molecule has 14 heavy (non-hydrogen) atoms. The van der Waals surface area contributed by atoms with E-state index in [-0.39, 0.29) is 0 Å². The van der Waals surface area contributed by atoms with Crippen LogP contribution in [0.5, 0.6) is 0 Å². The van der Waals surface area contributed by atoms with Crippen LogP contribution >= 0.6 is 0 Å². The Kier molecular flexibility index (Phi) is 2.02. The van der Waals surface area contributed by atoms with Gasteiger partial charge < -0.3 is 4.57 Å². The predicted octanol–water partition coefficient (Wildman–Crippen LogP) is 2.40. The second-order valence-electron chi connectivity index (χ2n) is 4.01. The van der Waals surface area contributed by atoms with Crippen LogP contribution in [0.1, 0.15) is 31.0 Å². The van der Waals surface area contributed by atoms with Gasteiger partial charge in [-0.25, -0.2) is 9.97 Å². The highest BCUT2D eigenvalue weighted by Gasteiger charge is 2.12. The van der Waals surface area contributed by atoms with E-state index in [2.05, 4.69) is 34.6 Å². The molecule has 2 rings (SSSR count). The maximum absolute atomic E-state index is 4.30. The number of aryl methyl sites for hydroxylation is 2. The van der Waals surface area contributed by atoms with Crippen LogP contribution < -0.4 is 0 Å². The first-order chi connectivity index (χ1) is 6.61. The van der Waals surface area contributed by atoms with Crippen molar-refractivity contribution in [1.82, 2.24) is 14.5 Å². The summed E-state index contributed by atoms with van der Waals surface area (Å²) >= 11 is 0. The number of nitrogens with zero attached hydrogens (tertiary/aromatic N) is 3. The van der Waals surface area contributed by atoms with E-state index in [1.165, 1.54) is 10.9 Å². The Balaban J connectivity index is 2.86. The Morgan fingerprint density at radius 2 is 2.00 bits per heavy atom. The zero-order chi connectivity index (χ0) is 10.3. The highest BCUT2D eigenvalue weighted by molar-refractivity contribution is 5.83. The van der Waals surface area contributed by atoms with Gasteiger partial charge in [-0.1, -0.05) is 13.8 Å². The minimum absolute atomic E-state index is 0.517. The Bertz CT molecular complexity index is 469. The lowest BCUT2D eigenvalue weighted by Gasteiger charge is -2.02. The molecule has 0 fully saturated rings. The number of fused-ring (bicyclic) bond motifs is 1. The third-order valence-corrected chi connectivity index (χ3v) is 2.59. The maximum Gasteiger partial charge on any atom is 0.143 e. The monoisotopic (exact) mass is 189 g/mol. The van der Waals surface area contributed by atoms with Crippen molar-refractivity contribution in [2.75, 3.05) is 0 Å². The van der Waals surface area contributed by atoms with E-state index in [9.17, 15) is 0 Å². The highest BCUT2D eigenvalue weighted by atomic mass is 15.0. The molecule has 2 aromatic rings. The van der Waals surface area contributed by atoms with Crippen molar-refractivity contribution in [3.63, 3.8) is 0 Å². The molecule has 0 amide bonds. The lowest BCUT2D eigenvalue weighted by atomic mass is 10.0. The molecule has 0 spiro atoms. The summed E-state index contributed by atoms with van der Waals surface area (Å²) in [4.78, 5) is 8.54. The van der Waals surface area contributed by atoms with Gasteiger partial charge in [-0.2, -0.15) is 0 Å². The van der Waals surface area contributed by atoms with E-state index >= 15 is 0 Å². The molecule has 0 atom stereocenters. The summed E-state index contributed by atoms with van der Waals surface area (Å²) in [6.07, 6.45) is 3.78. The Morgan fingerprint density at radius 1 is 1.29 bits per heavy atom. The summed E-state index contributed by atoms with van der Waals surface area (Å²) < 4.78 is 2.07. The van der Waals surface area contributed by atoms with Crippen molar-refractivity contribution >= 4 is 11.0 Å². The third-order valence-electron chi connectivity index (χ3n) is 2.59. The van der Waals surface area contributed by atoms with Gasteiger partial charge in [0.2, 0.25) is 0 Å². The molecule has 2 aromatic heterocycles. The van der Waals surface area contributed by atoms with Crippen LogP contribution in [-0.4, -0.2) is 14.5 Å². The number of hydrogen-bond acceptors (Lipinski definition) is 2. The molecule has 2 heterocycles. The van der Waals surface area contributed by atoms with Crippen molar-refractivity contribution < 1.29 is 0 Å². The summed E-state index contributed by atoms with van der Waals surface area (Å²) in [6, 6.07) is 0. The molecular weight excluding hydrogens is 174 g/mol. The van der Waals surface area contributed by atoms with Crippen LogP contribution in [0, 0.1) is 6.92 Å². The molecular formula is C11H15N3. The van der Waals surface area contributed by atoms with Crippen LogP contribution in [-0.2, 0) is 7.05 Å². The molecule has 74 valence electrons. The molecule has 3 heteroatoms. The molecule has 0 N–H and O–H groups in total. The summed E-state index contributed by atoms with van der Waals surface area (Å²) in [5.74, 6) is 0.517. The smallest absolute Gasteiger partial charge is 0.143 e. The van der Waals surface area contributed by atoms with E-state index in [1.807, 2.05) is 14.0 Å². The van der Waals surface area contributed by atoms with Gasteiger partial charge in [-0.15, -0.1) is 0 Å². The second-order valence-corrected chi connectivity index (χ2v) is 4.01. The van der Waals surface area contributed by atoms with Crippen LogP contribution in [0.2, 0.25) is 0 Å². The average molecular weight is 189 g/mol. The standard InChI is InChI=1S/C11H15N3/c1-7(2)9-5-14(4)11-10(9)8(3)12-6-13-11/h5-7H,1-4H3. The van der Waals surface area contributed by atoms with Crippen molar-refractivity contribution in [3.05, 3.63) is 23.8 Å². The Morgan fingerprint density at radius 3 is 2.64 bits per heavy atom. The summed E-state index contributed by atoms with van der Waals surface area (Å²) in [6.45, 7) is 6.43. The van der Waals surface area contributed by atoms with Crippen LogP contribution in [0.25, 0.3) is 11.0 Å². The Labute approximate surface area is 83.8 Å². The minimum atomic E-state index is 0.517. The number of aromatic nitrogens is 3. The van der Waals surface area contributed by atoms with Crippen molar-refractivity contribution in [1.29, 1.82) is 0 Å². The largest absolute Gasteiger partial charge is 0.335 e. The topological polar surface area (TPSA) is 30.7 Å². The average Bonchev–Trinajstić information content (AvgIpc) is 2.46. The lowest BCUT2D eigenvalue weighted by molar-refractivity contribution is 0.855. The van der Waals surface area contributed by atoms with E-state index < -0.39 is 0 Å². The molecule has 0 aromatic carbocycles. The second kappa shape index (κ2) is 3.08. The van der Waals surface area contributed by atoms with Crippen molar-refractivity contribution in [3.8, 4) is 0 Å². The molecule has 0 radical (unpaired) electrons. The van der Waals surface area contributed by atoms with Gasteiger partial charge in [0.05, 0.1) is 5.69 Å². The zero-order valence-corrected chi connectivity index (χ0v) is 9.07. The fraction of sp³-hybridized carbons (Fsp3) is 0.455. The summed E-state index contributed by atoms with van der Waals surface area (Å²) in [5, 5.41) is 1.21. The van der Waals surface area contributed by atoms with Crippen LogP contribution in [0.3, 0.4) is 0 Å². The van der Waals surface area contributed by atoms with E-state index in [1.54, 1.807) is 6.33 Å². The SMILES string of the molecule is Cc1ncnc2c1c(C(C)C)cn2C. The van der Waals surface area contributed by atoms with E-state index in [4.69, 9.17) is 0 Å². The predicted molar refractivity (Wildman–Crippen MR) is 57.3 cm³/mol.